The fourth-order valence-corrected chi connectivity index (χ4v) is 2.27. The van der Waals surface area contributed by atoms with Gasteiger partial charge in [0, 0.05) is 31.7 Å². The van der Waals surface area contributed by atoms with E-state index in [1.54, 1.807) is 0 Å². The van der Waals surface area contributed by atoms with Gasteiger partial charge < -0.3 is 10.2 Å². The van der Waals surface area contributed by atoms with E-state index in [0.717, 1.165) is 0 Å². The highest BCUT2D eigenvalue weighted by Gasteiger charge is 2.28. The van der Waals surface area contributed by atoms with Gasteiger partial charge in [0.2, 0.25) is 0 Å². The number of hydrogen-bond donors (Lipinski definition) is 1. The van der Waals surface area contributed by atoms with Crippen LogP contribution in [-0.2, 0) is 0 Å². The third-order valence-electron chi connectivity index (χ3n) is 3.41. The van der Waals surface area contributed by atoms with Gasteiger partial charge in [-0.15, -0.1) is 0 Å². The maximum absolute atomic E-state index is 13.7. The van der Waals surface area contributed by atoms with Crippen LogP contribution in [0.1, 0.15) is 13.8 Å². The molecule has 0 spiro atoms. The molecule has 0 amide bonds. The van der Waals surface area contributed by atoms with Crippen LogP contribution in [-0.4, -0.2) is 25.7 Å². The molecule has 2 nitrogen and oxygen atoms in total. The second-order valence-corrected chi connectivity index (χ2v) is 5.07. The molecule has 1 aromatic rings. The molecule has 19 heavy (non-hydrogen) atoms. The molecule has 0 bridgehead atoms. The van der Waals surface area contributed by atoms with E-state index in [1.807, 2.05) is 13.8 Å². The van der Waals surface area contributed by atoms with Gasteiger partial charge in [-0.25, -0.2) is 17.6 Å². The second-order valence-electron chi connectivity index (χ2n) is 5.07. The maximum atomic E-state index is 13.7. The minimum atomic E-state index is -1.37. The SMILES string of the molecule is CC(C)C1CN(c2c(F)c(F)cc(F)c2F)CCN1. The first-order valence-corrected chi connectivity index (χ1v) is 6.23. The van der Waals surface area contributed by atoms with Crippen molar-refractivity contribution in [3.05, 3.63) is 29.3 Å². The van der Waals surface area contributed by atoms with E-state index in [0.29, 0.717) is 19.6 Å². The first kappa shape index (κ1) is 14.1. The molecule has 1 unspecified atom stereocenters. The summed E-state index contributed by atoms with van der Waals surface area (Å²) in [5, 5.41) is 3.21. The molecule has 2 rings (SSSR count). The smallest absolute Gasteiger partial charge is 0.185 e. The van der Waals surface area contributed by atoms with Crippen LogP contribution in [0.2, 0.25) is 0 Å². The van der Waals surface area contributed by atoms with Crippen molar-refractivity contribution in [2.24, 2.45) is 5.92 Å². The molecule has 1 atom stereocenters. The fraction of sp³-hybridized carbons (Fsp3) is 0.538. The molecular weight excluding hydrogens is 260 g/mol. The minimum Gasteiger partial charge on any atom is -0.364 e. The average Bonchev–Trinajstić information content (AvgIpc) is 2.37. The number of nitrogens with zero attached hydrogens (tertiary/aromatic N) is 1. The van der Waals surface area contributed by atoms with Crippen LogP contribution in [0.3, 0.4) is 0 Å². The van der Waals surface area contributed by atoms with E-state index in [-0.39, 0.29) is 18.0 Å². The highest BCUT2D eigenvalue weighted by molar-refractivity contribution is 5.50. The van der Waals surface area contributed by atoms with Gasteiger partial charge in [0.15, 0.2) is 23.3 Å². The Balaban J connectivity index is 2.36. The van der Waals surface area contributed by atoms with Crippen LogP contribution in [0, 0.1) is 29.2 Å². The summed E-state index contributed by atoms with van der Waals surface area (Å²) in [6, 6.07) is 0.259. The summed E-state index contributed by atoms with van der Waals surface area (Å²) in [5.74, 6) is -5.14. The quantitative estimate of drug-likeness (QED) is 0.660. The highest BCUT2D eigenvalue weighted by Crippen LogP contribution is 2.29. The van der Waals surface area contributed by atoms with Gasteiger partial charge in [0.05, 0.1) is 0 Å². The van der Waals surface area contributed by atoms with Crippen LogP contribution in [0.5, 0.6) is 0 Å². The van der Waals surface area contributed by atoms with E-state index in [1.165, 1.54) is 4.90 Å². The van der Waals surface area contributed by atoms with Crippen molar-refractivity contribution in [1.82, 2.24) is 5.32 Å². The van der Waals surface area contributed by atoms with Gasteiger partial charge in [-0.1, -0.05) is 13.8 Å². The molecule has 1 heterocycles. The normalized spacial score (nSPS) is 20.2. The summed E-state index contributed by atoms with van der Waals surface area (Å²) in [4.78, 5) is 1.36. The molecule has 1 aliphatic rings. The Hall–Kier alpha value is -1.30. The zero-order chi connectivity index (χ0) is 14.2. The zero-order valence-corrected chi connectivity index (χ0v) is 10.8. The molecule has 106 valence electrons. The predicted molar refractivity (Wildman–Crippen MR) is 65.1 cm³/mol. The van der Waals surface area contributed by atoms with Crippen molar-refractivity contribution >= 4 is 5.69 Å². The summed E-state index contributed by atoms with van der Waals surface area (Å²) in [7, 11) is 0. The van der Waals surface area contributed by atoms with Crippen LogP contribution in [0.4, 0.5) is 23.2 Å². The van der Waals surface area contributed by atoms with Crippen molar-refractivity contribution in [2.45, 2.75) is 19.9 Å². The van der Waals surface area contributed by atoms with E-state index >= 15 is 0 Å². The Labute approximate surface area is 109 Å². The van der Waals surface area contributed by atoms with E-state index in [9.17, 15) is 17.6 Å². The number of benzene rings is 1. The topological polar surface area (TPSA) is 15.3 Å². The van der Waals surface area contributed by atoms with Gasteiger partial charge in [0.25, 0.3) is 0 Å². The van der Waals surface area contributed by atoms with Gasteiger partial charge in [-0.05, 0) is 5.92 Å². The lowest BCUT2D eigenvalue weighted by Gasteiger charge is -2.37. The Morgan fingerprint density at radius 1 is 1.16 bits per heavy atom. The molecule has 0 aliphatic carbocycles. The molecular formula is C13H16F4N2. The monoisotopic (exact) mass is 276 g/mol. The largest absolute Gasteiger partial charge is 0.364 e. The summed E-state index contributed by atoms with van der Waals surface area (Å²) in [5.41, 5.74) is -0.607. The summed E-state index contributed by atoms with van der Waals surface area (Å²) in [6.07, 6.45) is 0. The lowest BCUT2D eigenvalue weighted by atomic mass is 10.0. The van der Waals surface area contributed by atoms with E-state index < -0.39 is 29.0 Å². The molecule has 0 saturated carbocycles. The molecule has 0 aromatic heterocycles. The van der Waals surface area contributed by atoms with Crippen molar-refractivity contribution in [1.29, 1.82) is 0 Å². The zero-order valence-electron chi connectivity index (χ0n) is 10.8. The van der Waals surface area contributed by atoms with Crippen LogP contribution in [0.25, 0.3) is 0 Å². The fourth-order valence-electron chi connectivity index (χ4n) is 2.27. The molecule has 0 radical (unpaired) electrons. The number of halogens is 4. The third-order valence-corrected chi connectivity index (χ3v) is 3.41. The van der Waals surface area contributed by atoms with Crippen LogP contribution in [0.15, 0.2) is 6.07 Å². The Morgan fingerprint density at radius 3 is 2.26 bits per heavy atom. The number of rotatable bonds is 2. The minimum absolute atomic E-state index is 0.0267. The predicted octanol–water partition coefficient (Wildman–Crippen LogP) is 2.68. The van der Waals surface area contributed by atoms with Crippen molar-refractivity contribution in [3.63, 3.8) is 0 Å². The first-order chi connectivity index (χ1) is 8.91. The second kappa shape index (κ2) is 5.36. The maximum Gasteiger partial charge on any atom is 0.185 e. The number of piperazine rings is 1. The van der Waals surface area contributed by atoms with Crippen molar-refractivity contribution in [2.75, 3.05) is 24.5 Å². The Kier molecular flexibility index (Phi) is 3.99. The number of hydrogen-bond acceptors (Lipinski definition) is 2. The average molecular weight is 276 g/mol. The number of nitrogens with one attached hydrogen (secondary N) is 1. The van der Waals surface area contributed by atoms with E-state index in [4.69, 9.17) is 0 Å². The van der Waals surface area contributed by atoms with Gasteiger partial charge in [-0.3, -0.25) is 0 Å². The summed E-state index contributed by atoms with van der Waals surface area (Å²) in [6.45, 7) is 5.08. The molecule has 1 saturated heterocycles. The van der Waals surface area contributed by atoms with Crippen molar-refractivity contribution in [3.8, 4) is 0 Å². The molecule has 1 fully saturated rings. The van der Waals surface area contributed by atoms with Crippen LogP contribution < -0.4 is 10.2 Å². The first-order valence-electron chi connectivity index (χ1n) is 6.23. The van der Waals surface area contributed by atoms with Gasteiger partial charge in [0.1, 0.15) is 5.69 Å². The van der Waals surface area contributed by atoms with Crippen LogP contribution >= 0.6 is 0 Å². The van der Waals surface area contributed by atoms with Crippen molar-refractivity contribution < 1.29 is 17.6 Å². The van der Waals surface area contributed by atoms with Gasteiger partial charge in [-0.2, -0.15) is 0 Å². The lowest BCUT2D eigenvalue weighted by Crippen LogP contribution is -2.53. The summed E-state index contributed by atoms with van der Waals surface area (Å²) < 4.78 is 53.8. The molecule has 1 aliphatic heterocycles. The molecule has 1 N–H and O–H groups in total. The Morgan fingerprint density at radius 2 is 1.74 bits per heavy atom. The van der Waals surface area contributed by atoms with E-state index in [2.05, 4.69) is 5.32 Å². The lowest BCUT2D eigenvalue weighted by molar-refractivity contribution is 0.360. The summed E-state index contributed by atoms with van der Waals surface area (Å²) >= 11 is 0. The highest BCUT2D eigenvalue weighted by atomic mass is 19.2. The van der Waals surface area contributed by atoms with Gasteiger partial charge >= 0.3 is 0 Å². The standard InChI is InChI=1S/C13H16F4N2/c1-7(2)10-6-19(4-3-18-10)13-11(16)8(14)5-9(15)12(13)17/h5,7,10,18H,3-4,6H2,1-2H3. The third kappa shape index (κ3) is 2.68. The Bertz CT molecular complexity index is 450. The molecule has 1 aromatic carbocycles. The number of anilines is 1. The molecule has 6 heteroatoms.